The van der Waals surface area contributed by atoms with Gasteiger partial charge in [-0.2, -0.15) is 0 Å². The van der Waals surface area contributed by atoms with Crippen LogP contribution in [0.5, 0.6) is 0 Å². The van der Waals surface area contributed by atoms with Crippen LogP contribution in [0.2, 0.25) is 0 Å². The standard InChI is InChI=1S/C19H25N3O3/c1-15-3-8-18(25-15)13-21(2)14-19(23)20-16-4-6-17(7-5-16)22-9-11-24-12-10-22/h3-8H,9-14H2,1-2H3,(H,20,23)/p+1. The van der Waals surface area contributed by atoms with Gasteiger partial charge in [0.25, 0.3) is 5.91 Å². The van der Waals surface area contributed by atoms with E-state index in [-0.39, 0.29) is 5.91 Å². The number of amides is 1. The highest BCUT2D eigenvalue weighted by Gasteiger charge is 2.14. The van der Waals surface area contributed by atoms with Gasteiger partial charge in [-0.15, -0.1) is 0 Å². The number of furan rings is 1. The van der Waals surface area contributed by atoms with Crippen LogP contribution in [0.1, 0.15) is 11.5 Å². The average Bonchev–Trinajstić information content (AvgIpc) is 3.01. The third-order valence-electron chi connectivity index (χ3n) is 4.26. The minimum atomic E-state index is -0.0000921. The number of hydrogen-bond donors (Lipinski definition) is 2. The van der Waals surface area contributed by atoms with E-state index in [2.05, 4.69) is 10.2 Å². The van der Waals surface area contributed by atoms with Crippen molar-refractivity contribution in [2.24, 2.45) is 0 Å². The van der Waals surface area contributed by atoms with Crippen LogP contribution in [0.25, 0.3) is 0 Å². The summed E-state index contributed by atoms with van der Waals surface area (Å²) in [6.07, 6.45) is 0. The molecule has 6 nitrogen and oxygen atoms in total. The minimum Gasteiger partial charge on any atom is -0.460 e. The lowest BCUT2D eigenvalue weighted by Gasteiger charge is -2.28. The quantitative estimate of drug-likeness (QED) is 0.823. The molecular formula is C19H26N3O3+. The highest BCUT2D eigenvalue weighted by atomic mass is 16.5. The molecule has 1 atom stereocenters. The van der Waals surface area contributed by atoms with Gasteiger partial charge in [-0.05, 0) is 43.3 Å². The smallest absolute Gasteiger partial charge is 0.279 e. The maximum Gasteiger partial charge on any atom is 0.279 e. The fourth-order valence-electron chi connectivity index (χ4n) is 3.00. The van der Waals surface area contributed by atoms with Gasteiger partial charge in [0.15, 0.2) is 12.3 Å². The van der Waals surface area contributed by atoms with Crippen molar-refractivity contribution in [2.75, 3.05) is 50.1 Å². The molecule has 0 spiro atoms. The van der Waals surface area contributed by atoms with Crippen LogP contribution in [0.15, 0.2) is 40.8 Å². The summed E-state index contributed by atoms with van der Waals surface area (Å²) in [4.78, 5) is 15.6. The molecule has 25 heavy (non-hydrogen) atoms. The summed E-state index contributed by atoms with van der Waals surface area (Å²) in [6, 6.07) is 11.9. The number of benzene rings is 1. The fourth-order valence-corrected chi connectivity index (χ4v) is 3.00. The Bertz CT molecular complexity index is 690. The second-order valence-corrected chi connectivity index (χ2v) is 6.52. The zero-order valence-electron chi connectivity index (χ0n) is 14.9. The first kappa shape index (κ1) is 17.5. The molecular weight excluding hydrogens is 318 g/mol. The normalized spacial score (nSPS) is 15.8. The molecule has 0 saturated carbocycles. The summed E-state index contributed by atoms with van der Waals surface area (Å²) in [6.45, 7) is 6.36. The van der Waals surface area contributed by atoms with Gasteiger partial charge in [0.2, 0.25) is 0 Å². The number of carbonyl (C=O) groups is 1. The van der Waals surface area contributed by atoms with E-state index >= 15 is 0 Å². The van der Waals surface area contributed by atoms with E-state index in [1.807, 2.05) is 50.4 Å². The third kappa shape index (κ3) is 5.08. The summed E-state index contributed by atoms with van der Waals surface area (Å²) in [7, 11) is 1.99. The van der Waals surface area contributed by atoms with Gasteiger partial charge in [0.05, 0.1) is 20.3 Å². The number of aryl methyl sites for hydroxylation is 1. The predicted molar refractivity (Wildman–Crippen MR) is 97.0 cm³/mol. The molecule has 1 unspecified atom stereocenters. The number of ether oxygens (including phenoxy) is 1. The third-order valence-corrected chi connectivity index (χ3v) is 4.26. The van der Waals surface area contributed by atoms with Crippen LogP contribution in [-0.4, -0.2) is 45.8 Å². The maximum atomic E-state index is 12.2. The van der Waals surface area contributed by atoms with Gasteiger partial charge >= 0.3 is 0 Å². The van der Waals surface area contributed by atoms with Crippen LogP contribution >= 0.6 is 0 Å². The molecule has 1 saturated heterocycles. The molecule has 0 aliphatic carbocycles. The van der Waals surface area contributed by atoms with Crippen LogP contribution in [0.3, 0.4) is 0 Å². The van der Waals surface area contributed by atoms with Gasteiger partial charge in [0, 0.05) is 24.5 Å². The number of quaternary nitrogens is 1. The van der Waals surface area contributed by atoms with Crippen molar-refractivity contribution in [1.29, 1.82) is 0 Å². The topological polar surface area (TPSA) is 59.2 Å². The Balaban J connectivity index is 1.48. The second kappa shape index (κ2) is 8.18. The van der Waals surface area contributed by atoms with Crippen LogP contribution in [-0.2, 0) is 16.1 Å². The number of anilines is 2. The van der Waals surface area contributed by atoms with Crippen molar-refractivity contribution in [3.63, 3.8) is 0 Å². The van der Waals surface area contributed by atoms with Crippen LogP contribution in [0.4, 0.5) is 11.4 Å². The highest BCUT2D eigenvalue weighted by Crippen LogP contribution is 2.18. The molecule has 1 fully saturated rings. The Kier molecular flexibility index (Phi) is 5.73. The summed E-state index contributed by atoms with van der Waals surface area (Å²) in [5.74, 6) is 1.80. The van der Waals surface area contributed by atoms with Gasteiger partial charge < -0.3 is 24.3 Å². The number of nitrogens with zero attached hydrogens (tertiary/aromatic N) is 1. The molecule has 1 aromatic heterocycles. The molecule has 134 valence electrons. The molecule has 2 heterocycles. The molecule has 1 aliphatic rings. The number of likely N-dealkylation sites (N-methyl/N-ethyl adjacent to an activating group) is 1. The van der Waals surface area contributed by atoms with Crippen molar-refractivity contribution < 1.29 is 18.8 Å². The van der Waals surface area contributed by atoms with E-state index in [9.17, 15) is 4.79 Å². The molecule has 0 bridgehead atoms. The van der Waals surface area contributed by atoms with Gasteiger partial charge in [-0.1, -0.05) is 0 Å². The molecule has 3 rings (SSSR count). The van der Waals surface area contributed by atoms with E-state index in [0.29, 0.717) is 13.1 Å². The van der Waals surface area contributed by atoms with Crippen molar-refractivity contribution in [3.05, 3.63) is 47.9 Å². The maximum absolute atomic E-state index is 12.2. The lowest BCUT2D eigenvalue weighted by Crippen LogP contribution is -3.08. The molecule has 2 aromatic rings. The Labute approximate surface area is 148 Å². The number of hydrogen-bond acceptors (Lipinski definition) is 4. The first-order valence-electron chi connectivity index (χ1n) is 8.69. The molecule has 2 N–H and O–H groups in total. The lowest BCUT2D eigenvalue weighted by atomic mass is 10.2. The summed E-state index contributed by atoms with van der Waals surface area (Å²) in [5, 5.41) is 2.96. The van der Waals surface area contributed by atoms with E-state index < -0.39 is 0 Å². The zero-order chi connectivity index (χ0) is 17.6. The molecule has 6 heteroatoms. The highest BCUT2D eigenvalue weighted by molar-refractivity contribution is 5.91. The summed E-state index contributed by atoms with van der Waals surface area (Å²) in [5.41, 5.74) is 1.99. The summed E-state index contributed by atoms with van der Waals surface area (Å²) < 4.78 is 10.9. The Morgan fingerprint density at radius 1 is 1.16 bits per heavy atom. The van der Waals surface area contributed by atoms with E-state index in [1.54, 1.807) is 0 Å². The van der Waals surface area contributed by atoms with Crippen molar-refractivity contribution >= 4 is 17.3 Å². The predicted octanol–water partition coefficient (Wildman–Crippen LogP) is 1.08. The van der Waals surface area contributed by atoms with Gasteiger partial charge in [-0.25, -0.2) is 0 Å². The second-order valence-electron chi connectivity index (χ2n) is 6.52. The zero-order valence-corrected chi connectivity index (χ0v) is 14.9. The molecule has 1 aliphatic heterocycles. The average molecular weight is 344 g/mol. The lowest BCUT2D eigenvalue weighted by molar-refractivity contribution is -0.886. The van der Waals surface area contributed by atoms with E-state index in [0.717, 1.165) is 54.1 Å². The summed E-state index contributed by atoms with van der Waals surface area (Å²) >= 11 is 0. The Hall–Kier alpha value is -2.31. The first-order valence-corrected chi connectivity index (χ1v) is 8.69. The number of carbonyl (C=O) groups excluding carboxylic acids is 1. The Morgan fingerprint density at radius 2 is 1.88 bits per heavy atom. The van der Waals surface area contributed by atoms with Crippen molar-refractivity contribution in [1.82, 2.24) is 0 Å². The van der Waals surface area contributed by atoms with E-state index in [1.165, 1.54) is 0 Å². The number of morpholine rings is 1. The SMILES string of the molecule is Cc1ccc(C[NH+](C)CC(=O)Nc2ccc(N3CCOCC3)cc2)o1. The molecule has 1 aromatic carbocycles. The van der Waals surface area contributed by atoms with Gasteiger partial charge in [-0.3, -0.25) is 4.79 Å². The largest absolute Gasteiger partial charge is 0.460 e. The van der Waals surface area contributed by atoms with Crippen molar-refractivity contribution in [2.45, 2.75) is 13.5 Å². The Morgan fingerprint density at radius 3 is 2.52 bits per heavy atom. The molecule has 0 radical (unpaired) electrons. The van der Waals surface area contributed by atoms with Gasteiger partial charge in [0.1, 0.15) is 12.3 Å². The fraction of sp³-hybridized carbons (Fsp3) is 0.421. The minimum absolute atomic E-state index is 0.0000921. The van der Waals surface area contributed by atoms with E-state index in [4.69, 9.17) is 9.15 Å². The first-order chi connectivity index (χ1) is 12.1. The number of nitrogens with one attached hydrogen (secondary N) is 2. The van der Waals surface area contributed by atoms with Crippen LogP contribution in [0, 0.1) is 6.92 Å². The monoisotopic (exact) mass is 344 g/mol. The number of rotatable bonds is 6. The van der Waals surface area contributed by atoms with Crippen molar-refractivity contribution in [3.8, 4) is 0 Å². The molecule has 1 amide bonds. The van der Waals surface area contributed by atoms with Crippen LogP contribution < -0.4 is 15.1 Å².